The van der Waals surface area contributed by atoms with Crippen molar-refractivity contribution in [3.63, 3.8) is 0 Å². The molecule has 0 radical (unpaired) electrons. The van der Waals surface area contributed by atoms with Crippen LogP contribution in [0.25, 0.3) is 0 Å². The van der Waals surface area contributed by atoms with E-state index in [1.54, 1.807) is 41.4 Å². The molecule has 0 saturated carbocycles. The Morgan fingerprint density at radius 1 is 1.10 bits per heavy atom. The molecule has 1 unspecified atom stereocenters. The molecule has 0 saturated heterocycles. The number of pyridine rings is 1. The Bertz CT molecular complexity index is 1140. The summed E-state index contributed by atoms with van der Waals surface area (Å²) < 4.78 is 39.0. The molecule has 31 heavy (non-hydrogen) atoms. The number of aromatic nitrogens is 1. The number of carbonyl (C=O) groups is 1. The van der Waals surface area contributed by atoms with E-state index in [1.807, 2.05) is 12.1 Å². The van der Waals surface area contributed by atoms with Gasteiger partial charge in [-0.3, -0.25) is 4.98 Å². The second-order valence-corrected chi connectivity index (χ2v) is 7.13. The molecule has 4 rings (SSSR count). The Hall–Kier alpha value is -3.86. The maximum atomic E-state index is 13.1. The molecule has 0 fully saturated rings. The van der Waals surface area contributed by atoms with E-state index in [0.29, 0.717) is 35.5 Å². The van der Waals surface area contributed by atoms with Crippen LogP contribution in [-0.4, -0.2) is 22.5 Å². The van der Waals surface area contributed by atoms with E-state index >= 15 is 0 Å². The molecule has 0 aliphatic carbocycles. The molecule has 0 spiro atoms. The number of urea groups is 1. The van der Waals surface area contributed by atoms with Gasteiger partial charge in [0, 0.05) is 18.4 Å². The number of nitrogens with zero attached hydrogens (tertiary/aromatic N) is 3. The lowest BCUT2D eigenvalue weighted by atomic mass is 9.92. The van der Waals surface area contributed by atoms with Crippen molar-refractivity contribution in [1.82, 2.24) is 9.88 Å². The minimum Gasteiger partial charge on any atom is -0.311 e. The van der Waals surface area contributed by atoms with Crippen molar-refractivity contribution in [2.24, 2.45) is 0 Å². The molecule has 2 heterocycles. The number of benzene rings is 2. The molecule has 1 aliphatic heterocycles. The highest BCUT2D eigenvalue weighted by Crippen LogP contribution is 2.36. The summed E-state index contributed by atoms with van der Waals surface area (Å²) in [6.07, 6.45) is -2.24. The van der Waals surface area contributed by atoms with Crippen LogP contribution in [0, 0.1) is 11.3 Å². The summed E-state index contributed by atoms with van der Waals surface area (Å²) >= 11 is 0. The van der Waals surface area contributed by atoms with Crippen LogP contribution in [0.4, 0.5) is 23.7 Å². The number of anilines is 1. The van der Waals surface area contributed by atoms with Crippen molar-refractivity contribution in [3.8, 4) is 6.07 Å². The molecule has 8 heteroatoms. The number of nitriles is 1. The van der Waals surface area contributed by atoms with Crippen LogP contribution in [0.15, 0.2) is 66.9 Å². The van der Waals surface area contributed by atoms with E-state index < -0.39 is 23.8 Å². The number of alkyl halides is 3. The van der Waals surface area contributed by atoms with Crippen molar-refractivity contribution in [1.29, 1.82) is 5.26 Å². The van der Waals surface area contributed by atoms with Crippen LogP contribution in [0.3, 0.4) is 0 Å². The van der Waals surface area contributed by atoms with Crippen molar-refractivity contribution >= 4 is 11.7 Å². The number of hydrogen-bond donors (Lipinski definition) is 1. The van der Waals surface area contributed by atoms with E-state index in [-0.39, 0.29) is 0 Å². The molecule has 2 aromatic carbocycles. The predicted octanol–water partition coefficient (Wildman–Crippen LogP) is 5.15. The normalized spacial score (nSPS) is 15.7. The average Bonchev–Trinajstić information content (AvgIpc) is 2.78. The van der Waals surface area contributed by atoms with E-state index in [4.69, 9.17) is 5.26 Å². The minimum absolute atomic E-state index is 0.381. The van der Waals surface area contributed by atoms with Crippen LogP contribution in [0.5, 0.6) is 0 Å². The second-order valence-electron chi connectivity index (χ2n) is 7.13. The van der Waals surface area contributed by atoms with Crippen molar-refractivity contribution in [3.05, 3.63) is 94.8 Å². The third-order valence-corrected chi connectivity index (χ3v) is 5.20. The lowest BCUT2D eigenvalue weighted by Crippen LogP contribution is -2.43. The van der Waals surface area contributed by atoms with Gasteiger partial charge in [-0.15, -0.1) is 0 Å². The fraction of sp³-hybridized carbons (Fsp3) is 0.174. The van der Waals surface area contributed by atoms with E-state index in [1.165, 1.54) is 12.1 Å². The van der Waals surface area contributed by atoms with E-state index in [2.05, 4.69) is 10.3 Å². The number of nitrogens with one attached hydrogen (secondary N) is 1. The number of halogens is 3. The molecule has 1 atom stereocenters. The average molecular weight is 422 g/mol. The smallest absolute Gasteiger partial charge is 0.311 e. The van der Waals surface area contributed by atoms with Gasteiger partial charge < -0.3 is 10.2 Å². The summed E-state index contributed by atoms with van der Waals surface area (Å²) in [5, 5.41) is 11.7. The van der Waals surface area contributed by atoms with Crippen LogP contribution >= 0.6 is 0 Å². The first kappa shape index (κ1) is 20.4. The lowest BCUT2D eigenvalue weighted by molar-refractivity contribution is -0.137. The Morgan fingerprint density at radius 2 is 1.81 bits per heavy atom. The van der Waals surface area contributed by atoms with Gasteiger partial charge in [-0.1, -0.05) is 18.2 Å². The summed E-state index contributed by atoms with van der Waals surface area (Å²) in [6, 6.07) is 16.0. The zero-order chi connectivity index (χ0) is 22.0. The van der Waals surface area contributed by atoms with Gasteiger partial charge >= 0.3 is 12.2 Å². The van der Waals surface area contributed by atoms with Gasteiger partial charge in [0.05, 0.1) is 22.9 Å². The molecule has 1 aromatic heterocycles. The van der Waals surface area contributed by atoms with Crippen LogP contribution < -0.4 is 5.32 Å². The highest BCUT2D eigenvalue weighted by atomic mass is 19.4. The van der Waals surface area contributed by atoms with Crippen LogP contribution in [-0.2, 0) is 12.6 Å². The third-order valence-electron chi connectivity index (χ3n) is 5.20. The van der Waals surface area contributed by atoms with Gasteiger partial charge in [0.15, 0.2) is 0 Å². The minimum atomic E-state index is -4.44. The third kappa shape index (κ3) is 4.21. The molecule has 2 amide bonds. The Balaban J connectivity index is 1.67. The van der Waals surface area contributed by atoms with Crippen LogP contribution in [0.1, 0.15) is 34.0 Å². The molecule has 1 N–H and O–H groups in total. The maximum absolute atomic E-state index is 13.1. The molecule has 1 aliphatic rings. The number of rotatable bonds is 2. The first-order valence-electron chi connectivity index (χ1n) is 9.55. The molecule has 156 valence electrons. The topological polar surface area (TPSA) is 69.0 Å². The van der Waals surface area contributed by atoms with Gasteiger partial charge in [0.25, 0.3) is 0 Å². The Labute approximate surface area is 176 Å². The number of carbonyl (C=O) groups excluding carboxylic acids is 1. The monoisotopic (exact) mass is 422 g/mol. The SMILES string of the molecule is N#Cc1ccc(NC(=O)N2CCc3cccnc3C2c2ccc(C(F)(F)F)cc2)cc1. The Morgan fingerprint density at radius 3 is 2.45 bits per heavy atom. The zero-order valence-corrected chi connectivity index (χ0v) is 16.2. The highest BCUT2D eigenvalue weighted by Gasteiger charge is 2.35. The second kappa shape index (κ2) is 8.11. The number of hydrogen-bond acceptors (Lipinski definition) is 3. The van der Waals surface area contributed by atoms with Crippen molar-refractivity contribution in [2.45, 2.75) is 18.6 Å². The van der Waals surface area contributed by atoms with Gasteiger partial charge in [0.2, 0.25) is 0 Å². The number of fused-ring (bicyclic) bond motifs is 1. The summed E-state index contributed by atoms with van der Waals surface area (Å²) in [5.74, 6) is 0. The quantitative estimate of drug-likeness (QED) is 0.621. The summed E-state index contributed by atoms with van der Waals surface area (Å²) in [6.45, 7) is 0.381. The first-order chi connectivity index (χ1) is 14.9. The Kier molecular flexibility index (Phi) is 5.34. The fourth-order valence-electron chi connectivity index (χ4n) is 3.66. The van der Waals surface area contributed by atoms with Gasteiger partial charge in [-0.2, -0.15) is 18.4 Å². The standard InChI is InChI=1S/C23H17F3N4O/c24-23(25,26)18-7-5-17(6-8-18)21-20-16(2-1-12-28-20)11-13-30(21)22(31)29-19-9-3-15(14-27)4-10-19/h1-10,12,21H,11,13H2,(H,29,31). The van der Waals surface area contributed by atoms with E-state index in [0.717, 1.165) is 17.7 Å². The maximum Gasteiger partial charge on any atom is 0.416 e. The van der Waals surface area contributed by atoms with Crippen molar-refractivity contribution < 1.29 is 18.0 Å². The van der Waals surface area contributed by atoms with E-state index in [9.17, 15) is 18.0 Å². The summed E-state index contributed by atoms with van der Waals surface area (Å²) in [5.41, 5.74) is 2.38. The zero-order valence-electron chi connectivity index (χ0n) is 16.2. The first-order valence-corrected chi connectivity index (χ1v) is 9.55. The lowest BCUT2D eigenvalue weighted by Gasteiger charge is -2.36. The molecule has 0 bridgehead atoms. The van der Waals surface area contributed by atoms with Crippen LogP contribution in [0.2, 0.25) is 0 Å². The largest absolute Gasteiger partial charge is 0.416 e. The predicted molar refractivity (Wildman–Crippen MR) is 108 cm³/mol. The van der Waals surface area contributed by atoms with Gasteiger partial charge in [0.1, 0.15) is 6.04 Å². The molecule has 5 nitrogen and oxygen atoms in total. The molecular formula is C23H17F3N4O. The summed E-state index contributed by atoms with van der Waals surface area (Å²) in [7, 11) is 0. The molecule has 3 aromatic rings. The van der Waals surface area contributed by atoms with Gasteiger partial charge in [-0.05, 0) is 60.0 Å². The fourth-order valence-corrected chi connectivity index (χ4v) is 3.66. The van der Waals surface area contributed by atoms with Crippen molar-refractivity contribution in [2.75, 3.05) is 11.9 Å². The number of amides is 2. The highest BCUT2D eigenvalue weighted by molar-refractivity contribution is 5.90. The molecular weight excluding hydrogens is 405 g/mol. The van der Waals surface area contributed by atoms with Gasteiger partial charge in [-0.25, -0.2) is 4.79 Å². The summed E-state index contributed by atoms with van der Waals surface area (Å²) in [4.78, 5) is 19.1.